The highest BCUT2D eigenvalue weighted by atomic mass is 16.5. The van der Waals surface area contributed by atoms with Crippen LogP contribution in [0.1, 0.15) is 32.1 Å². The van der Waals surface area contributed by atoms with Gasteiger partial charge in [-0.25, -0.2) is 0 Å². The van der Waals surface area contributed by atoms with Crippen molar-refractivity contribution in [1.29, 1.82) is 0 Å². The van der Waals surface area contributed by atoms with Gasteiger partial charge in [0, 0.05) is 0 Å². The molecule has 1 aliphatic heterocycles. The fraction of sp³-hybridized carbons (Fsp3) is 0.909. The predicted molar refractivity (Wildman–Crippen MR) is 53.9 cm³/mol. The number of esters is 1. The molecule has 1 saturated heterocycles. The number of piperidine rings is 1. The van der Waals surface area contributed by atoms with Crippen LogP contribution in [0.15, 0.2) is 0 Å². The Balaban J connectivity index is 1.79. The number of hydrogen-bond acceptors (Lipinski definition) is 3. The van der Waals surface area contributed by atoms with Gasteiger partial charge in [0.1, 0.15) is 6.04 Å². The SMILES string of the molecule is COC(=O)[C@@H]1C[C@H](CC2CC2)CCN1. The molecule has 0 unspecified atom stereocenters. The lowest BCUT2D eigenvalue weighted by atomic mass is 9.88. The van der Waals surface area contributed by atoms with Gasteiger partial charge in [-0.15, -0.1) is 0 Å². The Hall–Kier alpha value is -0.570. The minimum atomic E-state index is -0.0921. The Morgan fingerprint density at radius 2 is 2.14 bits per heavy atom. The number of carbonyl (C=O) groups is 1. The van der Waals surface area contributed by atoms with E-state index in [1.807, 2.05) is 0 Å². The van der Waals surface area contributed by atoms with E-state index in [9.17, 15) is 4.79 Å². The second-order valence-electron chi connectivity index (χ2n) is 4.60. The second kappa shape index (κ2) is 4.30. The Bertz CT molecular complexity index is 213. The molecule has 0 aromatic heterocycles. The minimum absolute atomic E-state index is 0.0440. The standard InChI is InChI=1S/C11H19NO2/c1-14-11(13)10-7-9(4-5-12-10)6-8-2-3-8/h8-10,12H,2-7H2,1H3/t9-,10-/m0/s1. The molecule has 80 valence electrons. The van der Waals surface area contributed by atoms with Gasteiger partial charge in [0.15, 0.2) is 0 Å². The van der Waals surface area contributed by atoms with Crippen molar-refractivity contribution in [2.45, 2.75) is 38.1 Å². The lowest BCUT2D eigenvalue weighted by Crippen LogP contribution is -2.44. The van der Waals surface area contributed by atoms with Crippen LogP contribution in [0, 0.1) is 11.8 Å². The van der Waals surface area contributed by atoms with Crippen LogP contribution < -0.4 is 5.32 Å². The van der Waals surface area contributed by atoms with Crippen molar-refractivity contribution >= 4 is 5.97 Å². The van der Waals surface area contributed by atoms with Crippen LogP contribution in [-0.4, -0.2) is 25.7 Å². The molecule has 1 N–H and O–H groups in total. The van der Waals surface area contributed by atoms with Crippen molar-refractivity contribution in [3.05, 3.63) is 0 Å². The third-order valence-corrected chi connectivity index (χ3v) is 3.36. The predicted octanol–water partition coefficient (Wildman–Crippen LogP) is 1.33. The Morgan fingerprint density at radius 1 is 1.36 bits per heavy atom. The smallest absolute Gasteiger partial charge is 0.322 e. The highest BCUT2D eigenvalue weighted by molar-refractivity contribution is 5.75. The Labute approximate surface area is 85.2 Å². The molecule has 0 spiro atoms. The maximum atomic E-state index is 11.3. The quantitative estimate of drug-likeness (QED) is 0.694. The van der Waals surface area contributed by atoms with E-state index < -0.39 is 0 Å². The highest BCUT2D eigenvalue weighted by Crippen LogP contribution is 2.38. The van der Waals surface area contributed by atoms with E-state index in [0.29, 0.717) is 0 Å². The summed E-state index contributed by atoms with van der Waals surface area (Å²) in [6.45, 7) is 0.969. The van der Waals surface area contributed by atoms with E-state index in [-0.39, 0.29) is 12.0 Å². The van der Waals surface area contributed by atoms with Gasteiger partial charge in [-0.05, 0) is 37.6 Å². The normalized spacial score (nSPS) is 32.6. The molecule has 0 aromatic rings. The molecular formula is C11H19NO2. The molecule has 1 heterocycles. The van der Waals surface area contributed by atoms with Gasteiger partial charge in [-0.2, -0.15) is 0 Å². The van der Waals surface area contributed by atoms with Gasteiger partial charge in [0.05, 0.1) is 7.11 Å². The van der Waals surface area contributed by atoms with Crippen molar-refractivity contribution < 1.29 is 9.53 Å². The summed E-state index contributed by atoms with van der Waals surface area (Å²) in [5.74, 6) is 1.62. The first-order valence-corrected chi connectivity index (χ1v) is 5.61. The van der Waals surface area contributed by atoms with Crippen LogP contribution in [0.4, 0.5) is 0 Å². The Kier molecular flexibility index (Phi) is 3.06. The van der Waals surface area contributed by atoms with Gasteiger partial charge >= 0.3 is 5.97 Å². The lowest BCUT2D eigenvalue weighted by Gasteiger charge is -2.28. The molecule has 2 rings (SSSR count). The fourth-order valence-electron chi connectivity index (χ4n) is 2.36. The second-order valence-corrected chi connectivity index (χ2v) is 4.60. The number of rotatable bonds is 3. The summed E-state index contributed by atoms with van der Waals surface area (Å²) in [6.07, 6.45) is 6.35. The molecular weight excluding hydrogens is 178 g/mol. The average Bonchev–Trinajstić information content (AvgIpc) is 3.01. The molecule has 3 nitrogen and oxygen atoms in total. The molecule has 2 atom stereocenters. The number of hydrogen-bond donors (Lipinski definition) is 1. The summed E-state index contributed by atoms with van der Waals surface area (Å²) in [7, 11) is 1.47. The first kappa shape index (κ1) is 9.97. The average molecular weight is 197 g/mol. The van der Waals surface area contributed by atoms with Crippen molar-refractivity contribution in [3.8, 4) is 0 Å². The molecule has 0 bridgehead atoms. The maximum Gasteiger partial charge on any atom is 0.322 e. The molecule has 1 aliphatic carbocycles. The fourth-order valence-corrected chi connectivity index (χ4v) is 2.36. The molecule has 14 heavy (non-hydrogen) atoms. The zero-order valence-electron chi connectivity index (χ0n) is 8.79. The van der Waals surface area contributed by atoms with Crippen molar-refractivity contribution in [2.24, 2.45) is 11.8 Å². The summed E-state index contributed by atoms with van der Waals surface area (Å²) >= 11 is 0. The van der Waals surface area contributed by atoms with Gasteiger partial charge in [0.25, 0.3) is 0 Å². The maximum absolute atomic E-state index is 11.3. The van der Waals surface area contributed by atoms with Crippen LogP contribution in [0.2, 0.25) is 0 Å². The van der Waals surface area contributed by atoms with E-state index in [1.165, 1.54) is 32.8 Å². The Morgan fingerprint density at radius 3 is 2.79 bits per heavy atom. The van der Waals surface area contributed by atoms with Gasteiger partial charge in [-0.1, -0.05) is 12.8 Å². The first-order valence-electron chi connectivity index (χ1n) is 5.61. The molecule has 2 aliphatic rings. The van der Waals surface area contributed by atoms with Crippen LogP contribution in [0.5, 0.6) is 0 Å². The van der Waals surface area contributed by atoms with E-state index in [4.69, 9.17) is 4.74 Å². The zero-order chi connectivity index (χ0) is 9.97. The van der Waals surface area contributed by atoms with Gasteiger partial charge in [0.2, 0.25) is 0 Å². The molecule has 0 radical (unpaired) electrons. The van der Waals surface area contributed by atoms with Crippen molar-refractivity contribution in [2.75, 3.05) is 13.7 Å². The topological polar surface area (TPSA) is 38.3 Å². The van der Waals surface area contributed by atoms with Crippen molar-refractivity contribution in [3.63, 3.8) is 0 Å². The minimum Gasteiger partial charge on any atom is -0.468 e. The molecule has 3 heteroatoms. The van der Waals surface area contributed by atoms with Crippen molar-refractivity contribution in [1.82, 2.24) is 5.32 Å². The van der Waals surface area contributed by atoms with Crippen LogP contribution in [-0.2, 0) is 9.53 Å². The number of nitrogens with one attached hydrogen (secondary N) is 1. The number of ether oxygens (including phenoxy) is 1. The van der Waals surface area contributed by atoms with E-state index in [2.05, 4.69) is 5.32 Å². The van der Waals surface area contributed by atoms with Crippen LogP contribution in [0.3, 0.4) is 0 Å². The number of methoxy groups -OCH3 is 1. The van der Waals surface area contributed by atoms with E-state index in [0.717, 1.165) is 24.8 Å². The molecule has 0 aromatic carbocycles. The summed E-state index contributed by atoms with van der Waals surface area (Å²) < 4.78 is 4.76. The third kappa shape index (κ3) is 2.47. The van der Waals surface area contributed by atoms with Gasteiger partial charge in [-0.3, -0.25) is 4.79 Å². The monoisotopic (exact) mass is 197 g/mol. The van der Waals surface area contributed by atoms with E-state index in [1.54, 1.807) is 0 Å². The summed E-state index contributed by atoms with van der Waals surface area (Å²) in [4.78, 5) is 11.3. The first-order chi connectivity index (χ1) is 6.79. The largest absolute Gasteiger partial charge is 0.468 e. The van der Waals surface area contributed by atoms with Crippen LogP contribution >= 0.6 is 0 Å². The summed E-state index contributed by atoms with van der Waals surface area (Å²) in [5, 5.41) is 3.22. The highest BCUT2D eigenvalue weighted by Gasteiger charge is 2.31. The molecule has 1 saturated carbocycles. The van der Waals surface area contributed by atoms with Crippen LogP contribution in [0.25, 0.3) is 0 Å². The number of carbonyl (C=O) groups excluding carboxylic acids is 1. The van der Waals surface area contributed by atoms with E-state index >= 15 is 0 Å². The lowest BCUT2D eigenvalue weighted by molar-refractivity contribution is -0.144. The third-order valence-electron chi connectivity index (χ3n) is 3.36. The summed E-state index contributed by atoms with van der Waals surface area (Å²) in [6, 6.07) is -0.0440. The summed E-state index contributed by atoms with van der Waals surface area (Å²) in [5.41, 5.74) is 0. The molecule has 2 fully saturated rings. The zero-order valence-corrected chi connectivity index (χ0v) is 8.79. The van der Waals surface area contributed by atoms with Gasteiger partial charge < -0.3 is 10.1 Å². The molecule has 0 amide bonds.